The molecule has 0 unspecified atom stereocenters. The zero-order chi connectivity index (χ0) is 9.14. The molecule has 0 fully saturated rings. The van der Waals surface area contributed by atoms with Crippen LogP contribution in [0.5, 0.6) is 0 Å². The first-order valence-corrected chi connectivity index (χ1v) is 3.98. The van der Waals surface area contributed by atoms with Crippen LogP contribution in [0.2, 0.25) is 0 Å². The van der Waals surface area contributed by atoms with Gasteiger partial charge in [-0.25, -0.2) is 0 Å². The summed E-state index contributed by atoms with van der Waals surface area (Å²) in [7, 11) is 0. The standard InChI is InChI=1S/C9H13NO2/c1-6-4-3-5-8(12)9(6)10-7(2)11/h4,12H,3,5H2,1-2H3,(H,10,11). The van der Waals surface area contributed by atoms with Gasteiger partial charge < -0.3 is 10.4 Å². The van der Waals surface area contributed by atoms with Crippen LogP contribution in [0.3, 0.4) is 0 Å². The van der Waals surface area contributed by atoms with E-state index in [9.17, 15) is 9.90 Å². The predicted octanol–water partition coefficient (Wildman–Crippen LogP) is 1.63. The molecule has 1 amide bonds. The maximum absolute atomic E-state index is 10.7. The summed E-state index contributed by atoms with van der Waals surface area (Å²) in [6, 6.07) is 0. The van der Waals surface area contributed by atoms with Gasteiger partial charge in [0.15, 0.2) is 0 Å². The number of allylic oxidation sites excluding steroid dienone is 3. The highest BCUT2D eigenvalue weighted by Crippen LogP contribution is 2.20. The van der Waals surface area contributed by atoms with Crippen molar-refractivity contribution in [3.63, 3.8) is 0 Å². The molecule has 12 heavy (non-hydrogen) atoms. The molecule has 0 bridgehead atoms. The Hall–Kier alpha value is -1.25. The number of carbonyl (C=O) groups excluding carboxylic acids is 1. The third-order valence-corrected chi connectivity index (χ3v) is 1.82. The lowest BCUT2D eigenvalue weighted by molar-refractivity contribution is -0.118. The minimum atomic E-state index is -0.147. The van der Waals surface area contributed by atoms with Crippen molar-refractivity contribution in [1.29, 1.82) is 0 Å². The average molecular weight is 167 g/mol. The number of nitrogens with one attached hydrogen (secondary N) is 1. The second-order valence-electron chi connectivity index (χ2n) is 2.93. The first kappa shape index (κ1) is 8.84. The number of aliphatic hydroxyl groups is 1. The van der Waals surface area contributed by atoms with Gasteiger partial charge in [0.05, 0.1) is 5.70 Å². The van der Waals surface area contributed by atoms with E-state index in [0.717, 1.165) is 12.0 Å². The van der Waals surface area contributed by atoms with Crippen molar-refractivity contribution < 1.29 is 9.90 Å². The van der Waals surface area contributed by atoms with E-state index < -0.39 is 0 Å². The SMILES string of the molecule is CC(=O)NC1=C(O)CCC=C1C. The van der Waals surface area contributed by atoms with Crippen LogP contribution >= 0.6 is 0 Å². The zero-order valence-electron chi connectivity index (χ0n) is 7.35. The smallest absolute Gasteiger partial charge is 0.221 e. The molecule has 0 radical (unpaired) electrons. The molecule has 0 atom stereocenters. The molecule has 0 saturated heterocycles. The van der Waals surface area contributed by atoms with Crippen molar-refractivity contribution in [2.45, 2.75) is 26.7 Å². The van der Waals surface area contributed by atoms with Gasteiger partial charge in [-0.2, -0.15) is 0 Å². The highest BCUT2D eigenvalue weighted by Gasteiger charge is 2.12. The van der Waals surface area contributed by atoms with Gasteiger partial charge in [-0.1, -0.05) is 6.08 Å². The fraction of sp³-hybridized carbons (Fsp3) is 0.444. The van der Waals surface area contributed by atoms with E-state index >= 15 is 0 Å². The third-order valence-electron chi connectivity index (χ3n) is 1.82. The quantitative estimate of drug-likeness (QED) is 0.623. The van der Waals surface area contributed by atoms with Crippen LogP contribution in [0.4, 0.5) is 0 Å². The molecule has 1 rings (SSSR count). The molecule has 1 aliphatic rings. The molecule has 3 nitrogen and oxygen atoms in total. The molecule has 0 spiro atoms. The van der Waals surface area contributed by atoms with Gasteiger partial charge in [-0.3, -0.25) is 4.79 Å². The van der Waals surface area contributed by atoms with Crippen LogP contribution in [0.15, 0.2) is 23.1 Å². The predicted molar refractivity (Wildman–Crippen MR) is 46.5 cm³/mol. The van der Waals surface area contributed by atoms with Gasteiger partial charge in [0, 0.05) is 13.3 Å². The summed E-state index contributed by atoms with van der Waals surface area (Å²) in [5.41, 5.74) is 1.52. The highest BCUT2D eigenvalue weighted by atomic mass is 16.3. The topological polar surface area (TPSA) is 49.3 Å². The maximum atomic E-state index is 10.7. The van der Waals surface area contributed by atoms with Crippen LogP contribution < -0.4 is 5.32 Å². The van der Waals surface area contributed by atoms with Crippen LogP contribution in [-0.4, -0.2) is 11.0 Å². The van der Waals surface area contributed by atoms with E-state index in [1.807, 2.05) is 13.0 Å². The van der Waals surface area contributed by atoms with Crippen LogP contribution in [0, 0.1) is 0 Å². The molecule has 0 aromatic heterocycles. The summed E-state index contributed by atoms with van der Waals surface area (Å²) in [6.07, 6.45) is 3.47. The molecular weight excluding hydrogens is 154 g/mol. The lowest BCUT2D eigenvalue weighted by Crippen LogP contribution is -2.22. The van der Waals surface area contributed by atoms with Gasteiger partial charge in [-0.15, -0.1) is 0 Å². The van der Waals surface area contributed by atoms with E-state index in [1.165, 1.54) is 6.92 Å². The summed E-state index contributed by atoms with van der Waals surface area (Å²) in [5.74, 6) is 0.136. The molecular formula is C9H13NO2. The minimum Gasteiger partial charge on any atom is -0.510 e. The fourth-order valence-corrected chi connectivity index (χ4v) is 1.23. The summed E-state index contributed by atoms with van der Waals surface area (Å²) < 4.78 is 0. The molecule has 3 heteroatoms. The summed E-state index contributed by atoms with van der Waals surface area (Å²) >= 11 is 0. The van der Waals surface area contributed by atoms with Crippen molar-refractivity contribution in [2.24, 2.45) is 0 Å². The Labute approximate surface area is 71.8 Å². The molecule has 2 N–H and O–H groups in total. The Morgan fingerprint density at radius 3 is 2.83 bits per heavy atom. The van der Waals surface area contributed by atoms with Gasteiger partial charge in [0.1, 0.15) is 5.76 Å². The van der Waals surface area contributed by atoms with E-state index in [-0.39, 0.29) is 11.7 Å². The fourth-order valence-electron chi connectivity index (χ4n) is 1.23. The number of aliphatic hydroxyl groups excluding tert-OH is 1. The second-order valence-corrected chi connectivity index (χ2v) is 2.93. The Bertz CT molecular complexity index is 264. The lowest BCUT2D eigenvalue weighted by atomic mass is 10.0. The molecule has 66 valence electrons. The second kappa shape index (κ2) is 3.43. The first-order chi connectivity index (χ1) is 5.61. The molecule has 0 saturated carbocycles. The Morgan fingerprint density at radius 2 is 2.33 bits per heavy atom. The summed E-state index contributed by atoms with van der Waals surface area (Å²) in [5, 5.41) is 12.0. The van der Waals surface area contributed by atoms with Crippen molar-refractivity contribution in [3.05, 3.63) is 23.1 Å². The van der Waals surface area contributed by atoms with Crippen LogP contribution in [-0.2, 0) is 4.79 Å². The monoisotopic (exact) mass is 167 g/mol. The molecule has 1 aliphatic carbocycles. The highest BCUT2D eigenvalue weighted by molar-refractivity contribution is 5.76. The van der Waals surface area contributed by atoms with E-state index in [2.05, 4.69) is 5.32 Å². The Kier molecular flexibility index (Phi) is 2.53. The van der Waals surface area contributed by atoms with Gasteiger partial charge in [-0.05, 0) is 18.9 Å². The minimum absolute atomic E-state index is 0.147. The average Bonchev–Trinajstić information content (AvgIpc) is 1.97. The van der Waals surface area contributed by atoms with Crippen molar-refractivity contribution in [1.82, 2.24) is 5.32 Å². The normalized spacial score (nSPS) is 17.3. The maximum Gasteiger partial charge on any atom is 0.221 e. The molecule has 0 aliphatic heterocycles. The van der Waals surface area contributed by atoms with Gasteiger partial charge in [0.2, 0.25) is 5.91 Å². The van der Waals surface area contributed by atoms with Gasteiger partial charge in [0.25, 0.3) is 0 Å². The van der Waals surface area contributed by atoms with E-state index in [0.29, 0.717) is 12.1 Å². The van der Waals surface area contributed by atoms with Crippen molar-refractivity contribution in [2.75, 3.05) is 0 Å². The summed E-state index contributed by atoms with van der Waals surface area (Å²) in [4.78, 5) is 10.7. The number of hydrogen-bond donors (Lipinski definition) is 2. The molecule has 0 aromatic carbocycles. The molecule has 0 aromatic rings. The lowest BCUT2D eigenvalue weighted by Gasteiger charge is -2.15. The van der Waals surface area contributed by atoms with Gasteiger partial charge >= 0.3 is 0 Å². The third kappa shape index (κ3) is 1.87. The first-order valence-electron chi connectivity index (χ1n) is 3.98. The van der Waals surface area contributed by atoms with E-state index in [4.69, 9.17) is 0 Å². The number of amides is 1. The zero-order valence-corrected chi connectivity index (χ0v) is 7.35. The van der Waals surface area contributed by atoms with Crippen LogP contribution in [0.25, 0.3) is 0 Å². The van der Waals surface area contributed by atoms with Crippen molar-refractivity contribution in [3.8, 4) is 0 Å². The van der Waals surface area contributed by atoms with Crippen molar-refractivity contribution >= 4 is 5.91 Å². The number of rotatable bonds is 1. The summed E-state index contributed by atoms with van der Waals surface area (Å²) in [6.45, 7) is 3.31. The number of hydrogen-bond acceptors (Lipinski definition) is 2. The van der Waals surface area contributed by atoms with E-state index in [1.54, 1.807) is 0 Å². The number of carbonyl (C=O) groups is 1. The Morgan fingerprint density at radius 1 is 1.67 bits per heavy atom. The van der Waals surface area contributed by atoms with Crippen LogP contribution in [0.1, 0.15) is 26.7 Å². The Balaban J connectivity index is 2.83. The largest absolute Gasteiger partial charge is 0.510 e. The molecule has 0 heterocycles.